The minimum absolute atomic E-state index is 0.306. The van der Waals surface area contributed by atoms with Gasteiger partial charge in [0.15, 0.2) is 5.82 Å². The minimum atomic E-state index is -0.306. The van der Waals surface area contributed by atoms with Crippen molar-refractivity contribution in [3.05, 3.63) is 60.7 Å². The van der Waals surface area contributed by atoms with Gasteiger partial charge >= 0.3 is 6.03 Å². The van der Waals surface area contributed by atoms with Gasteiger partial charge in [-0.25, -0.2) is 4.79 Å². The van der Waals surface area contributed by atoms with E-state index in [0.717, 1.165) is 35.9 Å². The number of hydrogen-bond acceptors (Lipinski definition) is 5. The highest BCUT2D eigenvalue weighted by molar-refractivity contribution is 5.99. The average Bonchev–Trinajstić information content (AvgIpc) is 3.10. The van der Waals surface area contributed by atoms with Gasteiger partial charge in [-0.15, -0.1) is 10.2 Å². The summed E-state index contributed by atoms with van der Waals surface area (Å²) < 4.78 is 5.12. The highest BCUT2D eigenvalue weighted by Gasteiger charge is 2.12. The van der Waals surface area contributed by atoms with Gasteiger partial charge in [0.25, 0.3) is 0 Å². The van der Waals surface area contributed by atoms with E-state index in [2.05, 4.69) is 25.7 Å². The average molecular weight is 418 g/mol. The molecule has 0 spiro atoms. The number of benzene rings is 2. The summed E-state index contributed by atoms with van der Waals surface area (Å²) in [5.74, 6) is 1.68. The molecule has 2 heterocycles. The molecule has 3 aromatic rings. The highest BCUT2D eigenvalue weighted by atomic mass is 16.5. The van der Waals surface area contributed by atoms with Crippen molar-refractivity contribution in [3.63, 3.8) is 0 Å². The van der Waals surface area contributed by atoms with Crippen LogP contribution in [0.4, 0.5) is 22.0 Å². The highest BCUT2D eigenvalue weighted by Crippen LogP contribution is 2.22. The quantitative estimate of drug-likeness (QED) is 0.598. The van der Waals surface area contributed by atoms with E-state index in [9.17, 15) is 4.79 Å². The molecular weight excluding hydrogens is 390 g/mol. The fourth-order valence-electron chi connectivity index (χ4n) is 3.64. The molecular formula is C24H27N5O2. The Morgan fingerprint density at radius 3 is 1.97 bits per heavy atom. The molecule has 0 bridgehead atoms. The molecule has 7 nitrogen and oxygen atoms in total. The van der Waals surface area contributed by atoms with Gasteiger partial charge in [0.1, 0.15) is 5.75 Å². The maximum Gasteiger partial charge on any atom is 0.323 e. The van der Waals surface area contributed by atoms with E-state index in [0.29, 0.717) is 11.4 Å². The summed E-state index contributed by atoms with van der Waals surface area (Å²) >= 11 is 0. The second-order valence-electron chi connectivity index (χ2n) is 7.56. The van der Waals surface area contributed by atoms with Gasteiger partial charge in [0.05, 0.1) is 12.8 Å². The van der Waals surface area contributed by atoms with Gasteiger partial charge in [0.2, 0.25) is 0 Å². The number of rotatable bonds is 5. The molecule has 2 aromatic carbocycles. The molecule has 0 radical (unpaired) electrons. The first-order valence-corrected chi connectivity index (χ1v) is 10.6. The van der Waals surface area contributed by atoms with Crippen molar-refractivity contribution >= 4 is 23.2 Å². The van der Waals surface area contributed by atoms with Crippen LogP contribution >= 0.6 is 0 Å². The summed E-state index contributed by atoms with van der Waals surface area (Å²) in [6.07, 6.45) is 5.01. The van der Waals surface area contributed by atoms with Crippen LogP contribution in [0.5, 0.6) is 5.75 Å². The molecule has 1 fully saturated rings. The van der Waals surface area contributed by atoms with Crippen LogP contribution in [0.2, 0.25) is 0 Å². The molecule has 1 saturated heterocycles. The van der Waals surface area contributed by atoms with E-state index in [1.54, 1.807) is 31.4 Å². The number of methoxy groups -OCH3 is 1. The van der Waals surface area contributed by atoms with Crippen LogP contribution in [0.1, 0.15) is 25.7 Å². The van der Waals surface area contributed by atoms with Crippen LogP contribution in [0.15, 0.2) is 60.7 Å². The Bertz CT molecular complexity index is 980. The number of ether oxygens (including phenoxy) is 1. The predicted octanol–water partition coefficient (Wildman–Crippen LogP) is 5.18. The van der Waals surface area contributed by atoms with Crippen LogP contribution in [0.3, 0.4) is 0 Å². The normalized spacial score (nSPS) is 13.9. The molecule has 2 N–H and O–H groups in total. The van der Waals surface area contributed by atoms with Crippen molar-refractivity contribution in [1.29, 1.82) is 0 Å². The van der Waals surface area contributed by atoms with Crippen molar-refractivity contribution in [2.75, 3.05) is 35.7 Å². The lowest BCUT2D eigenvalue weighted by molar-refractivity contribution is 0.262. The Hall–Kier alpha value is -3.61. The molecule has 0 atom stereocenters. The molecule has 4 rings (SSSR count). The number of anilines is 3. The van der Waals surface area contributed by atoms with Crippen LogP contribution in [0, 0.1) is 0 Å². The Morgan fingerprint density at radius 1 is 0.806 bits per heavy atom. The molecule has 1 aromatic heterocycles. The molecule has 0 saturated carbocycles. The van der Waals surface area contributed by atoms with Gasteiger partial charge in [-0.3, -0.25) is 0 Å². The van der Waals surface area contributed by atoms with E-state index >= 15 is 0 Å². The van der Waals surface area contributed by atoms with Crippen LogP contribution in [-0.2, 0) is 0 Å². The molecule has 31 heavy (non-hydrogen) atoms. The zero-order valence-electron chi connectivity index (χ0n) is 17.7. The fourth-order valence-corrected chi connectivity index (χ4v) is 3.64. The number of nitrogens with one attached hydrogen (secondary N) is 2. The summed E-state index contributed by atoms with van der Waals surface area (Å²) in [5.41, 5.74) is 3.16. The largest absolute Gasteiger partial charge is 0.497 e. The number of carbonyl (C=O) groups excluding carboxylic acids is 1. The predicted molar refractivity (Wildman–Crippen MR) is 124 cm³/mol. The van der Waals surface area contributed by atoms with E-state index in [4.69, 9.17) is 4.74 Å². The Balaban J connectivity index is 1.35. The molecule has 160 valence electrons. The fraction of sp³-hybridized carbons (Fsp3) is 0.292. The van der Waals surface area contributed by atoms with Crippen LogP contribution in [-0.4, -0.2) is 36.4 Å². The number of amides is 2. The molecule has 1 aliphatic rings. The lowest BCUT2D eigenvalue weighted by atomic mass is 10.1. The molecule has 7 heteroatoms. The topological polar surface area (TPSA) is 79.4 Å². The summed E-state index contributed by atoms with van der Waals surface area (Å²) in [7, 11) is 1.61. The lowest BCUT2D eigenvalue weighted by Gasteiger charge is -2.20. The molecule has 0 unspecified atom stereocenters. The molecule has 0 aliphatic carbocycles. The zero-order chi connectivity index (χ0) is 21.5. The van der Waals surface area contributed by atoms with Crippen molar-refractivity contribution in [2.24, 2.45) is 0 Å². The summed E-state index contributed by atoms with van der Waals surface area (Å²) in [4.78, 5) is 14.5. The monoisotopic (exact) mass is 417 g/mol. The zero-order valence-corrected chi connectivity index (χ0v) is 17.7. The minimum Gasteiger partial charge on any atom is -0.497 e. The summed E-state index contributed by atoms with van der Waals surface area (Å²) in [6, 6.07) is 18.5. The van der Waals surface area contributed by atoms with E-state index in [1.165, 1.54) is 25.7 Å². The van der Waals surface area contributed by atoms with E-state index in [1.807, 2.05) is 36.4 Å². The lowest BCUT2D eigenvalue weighted by Crippen LogP contribution is -2.25. The second-order valence-corrected chi connectivity index (χ2v) is 7.56. The van der Waals surface area contributed by atoms with Gasteiger partial charge in [0, 0.05) is 30.0 Å². The number of urea groups is 1. The Morgan fingerprint density at radius 2 is 1.42 bits per heavy atom. The van der Waals surface area contributed by atoms with Crippen molar-refractivity contribution < 1.29 is 9.53 Å². The summed E-state index contributed by atoms with van der Waals surface area (Å²) in [5, 5.41) is 14.5. The van der Waals surface area contributed by atoms with Crippen LogP contribution in [0.25, 0.3) is 11.3 Å². The van der Waals surface area contributed by atoms with Gasteiger partial charge < -0.3 is 20.3 Å². The van der Waals surface area contributed by atoms with Crippen LogP contribution < -0.4 is 20.3 Å². The van der Waals surface area contributed by atoms with Crippen molar-refractivity contribution in [3.8, 4) is 17.0 Å². The van der Waals surface area contributed by atoms with Gasteiger partial charge in [-0.1, -0.05) is 25.0 Å². The van der Waals surface area contributed by atoms with E-state index in [-0.39, 0.29) is 6.03 Å². The third-order valence-corrected chi connectivity index (χ3v) is 5.37. The van der Waals surface area contributed by atoms with E-state index < -0.39 is 0 Å². The smallest absolute Gasteiger partial charge is 0.323 e. The standard InChI is InChI=1S/C24H27N5O2/c1-31-21-12-10-20(11-13-21)26-24(30)25-19-8-6-18(7-9-19)22-14-15-23(28-27-22)29-16-4-2-3-5-17-29/h6-15H,2-5,16-17H2,1H3,(H2,25,26,30). The first-order chi connectivity index (χ1) is 15.2. The maximum atomic E-state index is 12.2. The Labute approximate surface area is 182 Å². The first-order valence-electron chi connectivity index (χ1n) is 10.6. The number of aromatic nitrogens is 2. The Kier molecular flexibility index (Phi) is 6.62. The molecule has 2 amide bonds. The molecule has 1 aliphatic heterocycles. The van der Waals surface area contributed by atoms with Crippen molar-refractivity contribution in [2.45, 2.75) is 25.7 Å². The SMILES string of the molecule is COc1ccc(NC(=O)Nc2ccc(-c3ccc(N4CCCCCC4)nn3)cc2)cc1. The maximum absolute atomic E-state index is 12.2. The third kappa shape index (κ3) is 5.51. The second kappa shape index (κ2) is 9.93. The number of hydrogen-bond donors (Lipinski definition) is 2. The third-order valence-electron chi connectivity index (χ3n) is 5.37. The van der Waals surface area contributed by atoms with Gasteiger partial charge in [-0.05, 0) is 61.4 Å². The first kappa shape index (κ1) is 20.7. The number of nitrogens with zero attached hydrogens (tertiary/aromatic N) is 3. The number of carbonyl (C=O) groups is 1. The van der Waals surface area contributed by atoms with Gasteiger partial charge in [-0.2, -0.15) is 0 Å². The summed E-state index contributed by atoms with van der Waals surface area (Å²) in [6.45, 7) is 2.10. The van der Waals surface area contributed by atoms with Crippen molar-refractivity contribution in [1.82, 2.24) is 10.2 Å².